The first-order valence-corrected chi connectivity index (χ1v) is 12.5. The van der Waals surface area contributed by atoms with Crippen molar-refractivity contribution >= 4 is 27.7 Å². The summed E-state index contributed by atoms with van der Waals surface area (Å²) in [5.74, 6) is 0.499. The Bertz CT molecular complexity index is 956. The van der Waals surface area contributed by atoms with Crippen molar-refractivity contribution in [2.45, 2.75) is 28.9 Å². The van der Waals surface area contributed by atoms with Crippen LogP contribution in [-0.2, 0) is 19.6 Å². The highest BCUT2D eigenvalue weighted by Gasteiger charge is 2.26. The van der Waals surface area contributed by atoms with Gasteiger partial charge in [-0.15, -0.1) is 11.8 Å². The van der Waals surface area contributed by atoms with E-state index in [9.17, 15) is 13.2 Å². The van der Waals surface area contributed by atoms with Gasteiger partial charge in [0.2, 0.25) is 15.9 Å². The van der Waals surface area contributed by atoms with E-state index in [4.69, 9.17) is 9.47 Å². The van der Waals surface area contributed by atoms with Crippen LogP contribution in [0.3, 0.4) is 0 Å². The number of hydrogen-bond donors (Lipinski definition) is 1. The van der Waals surface area contributed by atoms with E-state index in [0.29, 0.717) is 45.2 Å². The summed E-state index contributed by atoms with van der Waals surface area (Å²) in [6, 6.07) is 14.4. The molecule has 1 aliphatic rings. The SMILES string of the molecule is Cc1ccc(S[C@@H](C)C(=O)NCCOc2ccc(S(=O)(=O)N3CCOCC3)cc2)cc1. The van der Waals surface area contributed by atoms with Crippen LogP contribution in [-0.4, -0.2) is 63.3 Å². The molecule has 168 valence electrons. The third kappa shape index (κ3) is 6.70. The van der Waals surface area contributed by atoms with Gasteiger partial charge in [0.25, 0.3) is 0 Å². The molecule has 0 aliphatic carbocycles. The van der Waals surface area contributed by atoms with E-state index >= 15 is 0 Å². The number of carbonyl (C=O) groups is 1. The summed E-state index contributed by atoms with van der Waals surface area (Å²) in [6.07, 6.45) is 0. The molecular formula is C22H28N2O5S2. The molecule has 0 saturated carbocycles. The van der Waals surface area contributed by atoms with Crippen molar-refractivity contribution in [2.24, 2.45) is 0 Å². The Morgan fingerprint density at radius 2 is 1.77 bits per heavy atom. The normalized spacial score (nSPS) is 15.9. The molecule has 9 heteroatoms. The molecule has 2 aromatic carbocycles. The zero-order valence-electron chi connectivity index (χ0n) is 17.7. The van der Waals surface area contributed by atoms with Crippen LogP contribution in [0.25, 0.3) is 0 Å². The highest BCUT2D eigenvalue weighted by atomic mass is 32.2. The number of ether oxygens (including phenoxy) is 2. The molecule has 0 unspecified atom stereocenters. The zero-order valence-corrected chi connectivity index (χ0v) is 19.4. The number of nitrogens with zero attached hydrogens (tertiary/aromatic N) is 1. The van der Waals surface area contributed by atoms with Gasteiger partial charge in [-0.1, -0.05) is 17.7 Å². The number of nitrogens with one attached hydrogen (secondary N) is 1. The van der Waals surface area contributed by atoms with Gasteiger partial charge in [-0.25, -0.2) is 8.42 Å². The molecule has 7 nitrogen and oxygen atoms in total. The highest BCUT2D eigenvalue weighted by Crippen LogP contribution is 2.23. The molecule has 31 heavy (non-hydrogen) atoms. The minimum absolute atomic E-state index is 0.0545. The van der Waals surface area contributed by atoms with Gasteiger partial charge in [-0.3, -0.25) is 4.79 Å². The first-order valence-electron chi connectivity index (χ1n) is 10.2. The summed E-state index contributed by atoms with van der Waals surface area (Å²) in [6.45, 7) is 6.11. The van der Waals surface area contributed by atoms with Crippen molar-refractivity contribution in [3.05, 3.63) is 54.1 Å². The molecule has 1 fully saturated rings. The molecule has 1 saturated heterocycles. The fourth-order valence-electron chi connectivity index (χ4n) is 3.01. The number of benzene rings is 2. The Kier molecular flexibility index (Phi) is 8.36. The minimum atomic E-state index is -3.51. The second-order valence-electron chi connectivity index (χ2n) is 7.20. The Morgan fingerprint density at radius 3 is 2.42 bits per heavy atom. The molecule has 0 aromatic heterocycles. The summed E-state index contributed by atoms with van der Waals surface area (Å²) in [5.41, 5.74) is 1.19. The van der Waals surface area contributed by atoms with Gasteiger partial charge in [-0.05, 0) is 50.2 Å². The number of hydrogen-bond acceptors (Lipinski definition) is 6. The van der Waals surface area contributed by atoms with Gasteiger partial charge in [0.15, 0.2) is 0 Å². The lowest BCUT2D eigenvalue weighted by Crippen LogP contribution is -2.40. The van der Waals surface area contributed by atoms with Gasteiger partial charge in [0.05, 0.1) is 29.9 Å². The van der Waals surface area contributed by atoms with Crippen molar-refractivity contribution in [1.29, 1.82) is 0 Å². The lowest BCUT2D eigenvalue weighted by atomic mass is 10.2. The number of aryl methyl sites for hydroxylation is 1. The maximum absolute atomic E-state index is 12.6. The van der Waals surface area contributed by atoms with Gasteiger partial charge < -0.3 is 14.8 Å². The van der Waals surface area contributed by atoms with E-state index in [-0.39, 0.29) is 16.1 Å². The van der Waals surface area contributed by atoms with Crippen LogP contribution in [0.4, 0.5) is 0 Å². The fraction of sp³-hybridized carbons (Fsp3) is 0.409. The number of amides is 1. The number of thioether (sulfide) groups is 1. The number of sulfonamides is 1. The molecule has 0 spiro atoms. The summed E-state index contributed by atoms with van der Waals surface area (Å²) < 4.78 is 37.5. The van der Waals surface area contributed by atoms with Crippen molar-refractivity contribution < 1.29 is 22.7 Å². The Morgan fingerprint density at radius 1 is 1.13 bits per heavy atom. The van der Waals surface area contributed by atoms with Crippen LogP contribution in [0.15, 0.2) is 58.3 Å². The standard InChI is InChI=1S/C22H28N2O5S2/c1-17-3-7-20(8-4-17)30-18(2)22(25)23-11-14-29-19-5-9-21(10-6-19)31(26,27)24-12-15-28-16-13-24/h3-10,18H,11-16H2,1-2H3,(H,23,25)/t18-/m0/s1. The van der Waals surface area contributed by atoms with Crippen LogP contribution in [0.1, 0.15) is 12.5 Å². The van der Waals surface area contributed by atoms with Crippen molar-refractivity contribution in [1.82, 2.24) is 9.62 Å². The van der Waals surface area contributed by atoms with Crippen LogP contribution in [0.2, 0.25) is 0 Å². The molecule has 3 rings (SSSR count). The number of rotatable bonds is 9. The van der Waals surface area contributed by atoms with Gasteiger partial charge in [-0.2, -0.15) is 4.31 Å². The average Bonchev–Trinajstić information content (AvgIpc) is 2.79. The summed E-state index contributed by atoms with van der Waals surface area (Å²) in [7, 11) is -3.51. The number of morpholine rings is 1. The second kappa shape index (κ2) is 11.0. The third-order valence-electron chi connectivity index (χ3n) is 4.80. The summed E-state index contributed by atoms with van der Waals surface area (Å²) >= 11 is 1.51. The third-order valence-corrected chi connectivity index (χ3v) is 7.83. The summed E-state index contributed by atoms with van der Waals surface area (Å²) in [5, 5.41) is 2.65. The molecule has 1 amide bonds. The second-order valence-corrected chi connectivity index (χ2v) is 10.6. The van der Waals surface area contributed by atoms with Crippen LogP contribution >= 0.6 is 11.8 Å². The molecule has 2 aromatic rings. The van der Waals surface area contributed by atoms with Crippen molar-refractivity contribution in [3.8, 4) is 5.75 Å². The largest absolute Gasteiger partial charge is 0.492 e. The maximum Gasteiger partial charge on any atom is 0.243 e. The van der Waals surface area contributed by atoms with Gasteiger partial charge in [0, 0.05) is 18.0 Å². The zero-order chi connectivity index (χ0) is 22.3. The highest BCUT2D eigenvalue weighted by molar-refractivity contribution is 8.00. The van der Waals surface area contributed by atoms with Crippen LogP contribution < -0.4 is 10.1 Å². The molecule has 1 aliphatic heterocycles. The minimum Gasteiger partial charge on any atom is -0.492 e. The molecule has 0 bridgehead atoms. The molecule has 1 heterocycles. The smallest absolute Gasteiger partial charge is 0.243 e. The first kappa shape index (κ1) is 23.6. The molecular weight excluding hydrogens is 436 g/mol. The van der Waals surface area contributed by atoms with E-state index in [1.165, 1.54) is 21.6 Å². The van der Waals surface area contributed by atoms with Gasteiger partial charge >= 0.3 is 0 Å². The predicted molar refractivity (Wildman–Crippen MR) is 121 cm³/mol. The number of carbonyl (C=O) groups excluding carboxylic acids is 1. The van der Waals surface area contributed by atoms with E-state index in [2.05, 4.69) is 5.32 Å². The molecule has 0 radical (unpaired) electrons. The first-order chi connectivity index (χ1) is 14.9. The summed E-state index contributed by atoms with van der Waals surface area (Å²) in [4.78, 5) is 13.5. The van der Waals surface area contributed by atoms with E-state index < -0.39 is 10.0 Å². The van der Waals surface area contributed by atoms with E-state index in [1.54, 1.807) is 24.3 Å². The Balaban J connectivity index is 1.42. The van der Waals surface area contributed by atoms with Crippen molar-refractivity contribution in [2.75, 3.05) is 39.5 Å². The average molecular weight is 465 g/mol. The Labute approximate surface area is 188 Å². The van der Waals surface area contributed by atoms with Gasteiger partial charge in [0.1, 0.15) is 12.4 Å². The predicted octanol–water partition coefficient (Wildman–Crippen LogP) is 2.69. The van der Waals surface area contributed by atoms with E-state index in [0.717, 1.165) is 4.90 Å². The maximum atomic E-state index is 12.6. The lowest BCUT2D eigenvalue weighted by Gasteiger charge is -2.26. The van der Waals surface area contributed by atoms with Crippen molar-refractivity contribution in [3.63, 3.8) is 0 Å². The lowest BCUT2D eigenvalue weighted by molar-refractivity contribution is -0.120. The Hall–Kier alpha value is -2.07. The van der Waals surface area contributed by atoms with E-state index in [1.807, 2.05) is 38.1 Å². The molecule has 1 N–H and O–H groups in total. The topological polar surface area (TPSA) is 84.9 Å². The quantitative estimate of drug-likeness (QED) is 0.454. The van der Waals surface area contributed by atoms with Crippen LogP contribution in [0.5, 0.6) is 5.75 Å². The molecule has 1 atom stereocenters. The fourth-order valence-corrected chi connectivity index (χ4v) is 5.30. The van der Waals surface area contributed by atoms with Crippen LogP contribution in [0, 0.1) is 6.92 Å². The monoisotopic (exact) mass is 464 g/mol.